The van der Waals surface area contributed by atoms with E-state index in [1.165, 1.54) is 6.33 Å². The van der Waals surface area contributed by atoms with Gasteiger partial charge in [0.1, 0.15) is 23.5 Å². The molecule has 1 saturated heterocycles. The van der Waals surface area contributed by atoms with Gasteiger partial charge in [-0.05, 0) is 12.1 Å². The van der Waals surface area contributed by atoms with Crippen molar-refractivity contribution in [1.82, 2.24) is 29.7 Å². The number of aromatic amines is 1. The highest BCUT2D eigenvalue weighted by molar-refractivity contribution is 5.99. The third-order valence-electron chi connectivity index (χ3n) is 4.24. The molecule has 1 fully saturated rings. The molecule has 126 valence electrons. The van der Waals surface area contributed by atoms with Crippen LogP contribution in [0.1, 0.15) is 0 Å². The minimum Gasteiger partial charge on any atom is -0.383 e. The molecule has 0 bridgehead atoms. The largest absolute Gasteiger partial charge is 0.383 e. The lowest BCUT2D eigenvalue weighted by atomic mass is 10.1. The molecule has 0 radical (unpaired) electrons. The van der Waals surface area contributed by atoms with Gasteiger partial charge in [-0.3, -0.25) is 0 Å². The molecule has 0 amide bonds. The quantitative estimate of drug-likeness (QED) is 0.579. The van der Waals surface area contributed by atoms with Crippen LogP contribution in [0.3, 0.4) is 0 Å². The van der Waals surface area contributed by atoms with Crippen LogP contribution < -0.4 is 5.73 Å². The molecule has 9 heteroatoms. The van der Waals surface area contributed by atoms with Crippen LogP contribution in [-0.2, 0) is 16.0 Å². The number of nitrogens with two attached hydrogens (primary N) is 1. The lowest BCUT2D eigenvalue weighted by molar-refractivity contribution is -0.0538. The zero-order valence-corrected chi connectivity index (χ0v) is 13.2. The third-order valence-corrected chi connectivity index (χ3v) is 4.24. The van der Waals surface area contributed by atoms with E-state index in [-0.39, 0.29) is 6.29 Å². The lowest BCUT2D eigenvalue weighted by Gasteiger charge is -2.09. The van der Waals surface area contributed by atoms with E-state index in [9.17, 15) is 0 Å². The maximum Gasteiger partial charge on any atom is 0.177 e. The number of hydrogen-bond acceptors (Lipinski definition) is 7. The number of pyridine rings is 1. The Kier molecular flexibility index (Phi) is 3.15. The number of aromatic nitrogens is 6. The Bertz CT molecular complexity index is 1060. The number of H-pyrrole nitrogens is 1. The van der Waals surface area contributed by atoms with Gasteiger partial charge in [-0.1, -0.05) is 0 Å². The first-order valence-electron chi connectivity index (χ1n) is 7.93. The average molecular weight is 337 g/mol. The molecule has 25 heavy (non-hydrogen) atoms. The van der Waals surface area contributed by atoms with E-state index in [2.05, 4.69) is 19.9 Å². The van der Waals surface area contributed by atoms with Gasteiger partial charge in [0.25, 0.3) is 0 Å². The van der Waals surface area contributed by atoms with Gasteiger partial charge in [0.2, 0.25) is 0 Å². The van der Waals surface area contributed by atoms with Crippen molar-refractivity contribution in [3.8, 4) is 11.3 Å². The summed E-state index contributed by atoms with van der Waals surface area (Å²) in [5, 5.41) is 6.40. The topological polar surface area (TPSA) is 117 Å². The molecular formula is C16H15N7O2. The van der Waals surface area contributed by atoms with Crippen molar-refractivity contribution in [1.29, 1.82) is 0 Å². The average Bonchev–Trinajstić information content (AvgIpc) is 3.35. The van der Waals surface area contributed by atoms with Gasteiger partial charge in [-0.25, -0.2) is 19.6 Å². The molecule has 0 spiro atoms. The molecule has 4 aromatic heterocycles. The summed E-state index contributed by atoms with van der Waals surface area (Å²) < 4.78 is 12.8. The Morgan fingerprint density at radius 3 is 3.00 bits per heavy atom. The summed E-state index contributed by atoms with van der Waals surface area (Å²) in [7, 11) is 0. The second-order valence-corrected chi connectivity index (χ2v) is 5.80. The van der Waals surface area contributed by atoms with Crippen LogP contribution >= 0.6 is 0 Å². The monoisotopic (exact) mass is 337 g/mol. The zero-order valence-electron chi connectivity index (χ0n) is 13.2. The van der Waals surface area contributed by atoms with Gasteiger partial charge >= 0.3 is 0 Å². The van der Waals surface area contributed by atoms with Gasteiger partial charge in [0.05, 0.1) is 25.1 Å². The molecule has 0 unspecified atom stereocenters. The third kappa shape index (κ3) is 2.32. The summed E-state index contributed by atoms with van der Waals surface area (Å²) in [5.41, 5.74) is 9.14. The summed E-state index contributed by atoms with van der Waals surface area (Å²) in [6, 6.07) is 3.98. The van der Waals surface area contributed by atoms with Crippen LogP contribution in [0.25, 0.3) is 33.3 Å². The molecular weight excluding hydrogens is 322 g/mol. The molecule has 4 aromatic rings. The first kappa shape index (κ1) is 14.3. The van der Waals surface area contributed by atoms with Crippen LogP contribution in [0.15, 0.2) is 30.9 Å². The summed E-state index contributed by atoms with van der Waals surface area (Å²) in [6.45, 7) is 1.61. The predicted molar refractivity (Wildman–Crippen MR) is 90.5 cm³/mol. The van der Waals surface area contributed by atoms with Gasteiger partial charge < -0.3 is 20.2 Å². The van der Waals surface area contributed by atoms with Crippen molar-refractivity contribution < 1.29 is 9.47 Å². The summed E-state index contributed by atoms with van der Waals surface area (Å²) in [4.78, 5) is 16.0. The number of nitrogen functional groups attached to an aromatic ring is 1. The number of anilines is 1. The molecule has 0 aromatic carbocycles. The van der Waals surface area contributed by atoms with E-state index < -0.39 is 0 Å². The molecule has 3 N–H and O–H groups in total. The SMILES string of the molecule is Nc1ncnc2c1c(-c1cnc3[nH]ccc3c1)nn2CC1OCCO1. The Hall–Kier alpha value is -3.04. The second-order valence-electron chi connectivity index (χ2n) is 5.80. The molecule has 9 nitrogen and oxygen atoms in total. The Balaban J connectivity index is 1.68. The van der Waals surface area contributed by atoms with Gasteiger partial charge in [0, 0.05) is 23.3 Å². The van der Waals surface area contributed by atoms with Gasteiger partial charge in [0.15, 0.2) is 11.9 Å². The molecule has 0 aliphatic carbocycles. The van der Waals surface area contributed by atoms with Crippen LogP contribution in [0.4, 0.5) is 5.82 Å². The number of ether oxygens (including phenoxy) is 2. The maximum atomic E-state index is 6.11. The van der Waals surface area contributed by atoms with Crippen molar-refractivity contribution >= 4 is 27.9 Å². The summed E-state index contributed by atoms with van der Waals surface area (Å²) in [6.07, 6.45) is 4.71. The highest BCUT2D eigenvalue weighted by atomic mass is 16.7. The van der Waals surface area contributed by atoms with Gasteiger partial charge in [-0.15, -0.1) is 0 Å². The van der Waals surface area contributed by atoms with Crippen molar-refractivity contribution in [2.75, 3.05) is 18.9 Å². The molecule has 5 heterocycles. The Morgan fingerprint density at radius 1 is 1.24 bits per heavy atom. The van der Waals surface area contributed by atoms with Crippen LogP contribution in [0.2, 0.25) is 0 Å². The van der Waals surface area contributed by atoms with Gasteiger partial charge in [-0.2, -0.15) is 5.10 Å². The smallest absolute Gasteiger partial charge is 0.177 e. The number of hydrogen-bond donors (Lipinski definition) is 2. The minimum absolute atomic E-state index is 0.336. The van der Waals surface area contributed by atoms with Crippen LogP contribution in [0.5, 0.6) is 0 Å². The fourth-order valence-corrected chi connectivity index (χ4v) is 3.08. The van der Waals surface area contributed by atoms with E-state index in [0.717, 1.165) is 16.6 Å². The van der Waals surface area contributed by atoms with E-state index >= 15 is 0 Å². The lowest BCUT2D eigenvalue weighted by Crippen LogP contribution is -2.18. The Labute approximate surface area is 141 Å². The molecule has 0 atom stereocenters. The van der Waals surface area contributed by atoms with Crippen molar-refractivity contribution in [3.05, 3.63) is 30.9 Å². The Morgan fingerprint density at radius 2 is 2.12 bits per heavy atom. The minimum atomic E-state index is -0.336. The number of fused-ring (bicyclic) bond motifs is 2. The summed E-state index contributed by atoms with van der Waals surface area (Å²) in [5.74, 6) is 0.383. The van der Waals surface area contributed by atoms with E-state index in [1.807, 2.05) is 18.3 Å². The maximum absolute atomic E-state index is 6.11. The highest BCUT2D eigenvalue weighted by Crippen LogP contribution is 2.31. The zero-order chi connectivity index (χ0) is 16.8. The molecule has 5 rings (SSSR count). The first-order chi connectivity index (χ1) is 12.3. The van der Waals surface area contributed by atoms with Crippen molar-refractivity contribution in [2.45, 2.75) is 12.8 Å². The molecule has 1 aliphatic rings. The molecule has 0 saturated carbocycles. The number of nitrogens with one attached hydrogen (secondary N) is 1. The van der Waals surface area contributed by atoms with Crippen molar-refractivity contribution in [2.24, 2.45) is 0 Å². The van der Waals surface area contributed by atoms with Crippen molar-refractivity contribution in [3.63, 3.8) is 0 Å². The standard InChI is InChI=1S/C16H15N7O2/c17-14-12-13(10-5-9-1-2-18-15(9)19-6-10)22-23(16(12)21-8-20-14)7-11-24-3-4-25-11/h1-2,5-6,8,11H,3-4,7H2,(H,18,19)(H2,17,20,21). The van der Waals surface area contributed by atoms with Crippen LogP contribution in [-0.4, -0.2) is 49.2 Å². The summed E-state index contributed by atoms with van der Waals surface area (Å²) >= 11 is 0. The predicted octanol–water partition coefficient (Wildman–Crippen LogP) is 1.32. The second kappa shape index (κ2) is 5.50. The number of rotatable bonds is 3. The molecule has 1 aliphatic heterocycles. The number of nitrogens with zero attached hydrogens (tertiary/aromatic N) is 5. The normalized spacial score (nSPS) is 15.5. The fraction of sp³-hybridized carbons (Fsp3) is 0.250. The van der Waals surface area contributed by atoms with E-state index in [4.69, 9.17) is 20.3 Å². The van der Waals surface area contributed by atoms with E-state index in [0.29, 0.717) is 42.3 Å². The fourth-order valence-electron chi connectivity index (χ4n) is 3.08. The first-order valence-corrected chi connectivity index (χ1v) is 7.93. The van der Waals surface area contributed by atoms with E-state index in [1.54, 1.807) is 10.9 Å². The van der Waals surface area contributed by atoms with Crippen LogP contribution in [0, 0.1) is 0 Å². The highest BCUT2D eigenvalue weighted by Gasteiger charge is 2.22.